The number of pyridine rings is 1. The molecule has 1 saturated heterocycles. The molecule has 0 radical (unpaired) electrons. The standard InChI is InChI=1S/C22H20F2N2O2/c23-17-4-1-14(2-5-17)16-9-10-26(13-16)21(27)8-7-19-11-15-3-6-18(24)12-20(15)22(28)25-19/h1-6,11-12,16H,7-10,13H2,(H,25,28)/t16-/m0/s1. The van der Waals surface area contributed by atoms with Crippen molar-refractivity contribution in [2.45, 2.75) is 25.2 Å². The van der Waals surface area contributed by atoms with Gasteiger partial charge in [-0.15, -0.1) is 0 Å². The fraction of sp³-hybridized carbons (Fsp3) is 0.273. The van der Waals surface area contributed by atoms with Crippen LogP contribution in [0.15, 0.2) is 53.3 Å². The first-order chi connectivity index (χ1) is 13.5. The number of aryl methyl sites for hydroxylation is 1. The number of benzene rings is 2. The molecule has 6 heteroatoms. The number of hydrogen-bond donors (Lipinski definition) is 1. The van der Waals surface area contributed by atoms with Crippen LogP contribution in [0.3, 0.4) is 0 Å². The Morgan fingerprint density at radius 2 is 1.82 bits per heavy atom. The summed E-state index contributed by atoms with van der Waals surface area (Å²) in [4.78, 5) is 29.3. The summed E-state index contributed by atoms with van der Waals surface area (Å²) >= 11 is 0. The number of aromatic amines is 1. The summed E-state index contributed by atoms with van der Waals surface area (Å²) in [6.45, 7) is 1.30. The van der Waals surface area contributed by atoms with Crippen molar-refractivity contribution in [1.29, 1.82) is 0 Å². The molecular formula is C22H20F2N2O2. The maximum absolute atomic E-state index is 13.3. The van der Waals surface area contributed by atoms with Crippen molar-refractivity contribution in [2.75, 3.05) is 13.1 Å². The average Bonchev–Trinajstić information content (AvgIpc) is 3.17. The van der Waals surface area contributed by atoms with E-state index >= 15 is 0 Å². The van der Waals surface area contributed by atoms with Crippen LogP contribution in [0.2, 0.25) is 0 Å². The average molecular weight is 382 g/mol. The second kappa shape index (κ2) is 7.54. The highest BCUT2D eigenvalue weighted by molar-refractivity contribution is 5.82. The number of nitrogens with one attached hydrogen (secondary N) is 1. The Morgan fingerprint density at radius 1 is 1.07 bits per heavy atom. The van der Waals surface area contributed by atoms with Crippen molar-refractivity contribution in [3.05, 3.63) is 81.8 Å². The lowest BCUT2D eigenvalue weighted by atomic mass is 9.99. The summed E-state index contributed by atoms with van der Waals surface area (Å²) in [5, 5.41) is 0.960. The normalized spacial score (nSPS) is 16.6. The molecule has 144 valence electrons. The van der Waals surface area contributed by atoms with Gasteiger partial charge in [0.05, 0.1) is 0 Å². The molecule has 1 amide bonds. The first kappa shape index (κ1) is 18.3. The van der Waals surface area contributed by atoms with Crippen molar-refractivity contribution < 1.29 is 13.6 Å². The van der Waals surface area contributed by atoms with Gasteiger partial charge in [0, 0.05) is 36.5 Å². The summed E-state index contributed by atoms with van der Waals surface area (Å²) in [5.74, 6) is -0.461. The summed E-state index contributed by atoms with van der Waals surface area (Å²) in [6.07, 6.45) is 1.56. The van der Waals surface area contributed by atoms with E-state index in [2.05, 4.69) is 4.98 Å². The fourth-order valence-electron chi connectivity index (χ4n) is 3.82. The molecule has 0 unspecified atom stereocenters. The highest BCUT2D eigenvalue weighted by Gasteiger charge is 2.27. The quantitative estimate of drug-likeness (QED) is 0.747. The second-order valence-electron chi connectivity index (χ2n) is 7.23. The van der Waals surface area contributed by atoms with Crippen LogP contribution in [0.1, 0.15) is 30.0 Å². The van der Waals surface area contributed by atoms with E-state index in [0.717, 1.165) is 12.0 Å². The Labute approximate surface area is 160 Å². The van der Waals surface area contributed by atoms with Crippen molar-refractivity contribution in [2.24, 2.45) is 0 Å². The van der Waals surface area contributed by atoms with Crippen LogP contribution in [-0.4, -0.2) is 28.9 Å². The van der Waals surface area contributed by atoms with E-state index in [1.165, 1.54) is 24.3 Å². The van der Waals surface area contributed by atoms with Gasteiger partial charge in [-0.1, -0.05) is 18.2 Å². The van der Waals surface area contributed by atoms with Crippen molar-refractivity contribution in [3.63, 3.8) is 0 Å². The minimum atomic E-state index is -0.453. The van der Waals surface area contributed by atoms with E-state index in [0.29, 0.717) is 42.4 Å². The van der Waals surface area contributed by atoms with Crippen LogP contribution in [0.25, 0.3) is 10.8 Å². The minimum absolute atomic E-state index is 0.0321. The summed E-state index contributed by atoms with van der Waals surface area (Å²) in [6, 6.07) is 12.3. The minimum Gasteiger partial charge on any atom is -0.342 e. The Hall–Kier alpha value is -3.02. The predicted molar refractivity (Wildman–Crippen MR) is 103 cm³/mol. The van der Waals surface area contributed by atoms with Gasteiger partial charge in [-0.3, -0.25) is 9.59 Å². The van der Waals surface area contributed by atoms with Gasteiger partial charge in [-0.25, -0.2) is 8.78 Å². The zero-order valence-electron chi connectivity index (χ0n) is 15.3. The van der Waals surface area contributed by atoms with E-state index in [9.17, 15) is 18.4 Å². The molecule has 1 aliphatic rings. The van der Waals surface area contributed by atoms with Crippen LogP contribution in [-0.2, 0) is 11.2 Å². The molecule has 1 fully saturated rings. The third-order valence-electron chi connectivity index (χ3n) is 5.35. The number of hydrogen-bond acceptors (Lipinski definition) is 2. The van der Waals surface area contributed by atoms with Gasteiger partial charge in [0.15, 0.2) is 0 Å². The number of likely N-dealkylation sites (tertiary alicyclic amines) is 1. The number of fused-ring (bicyclic) bond motifs is 1. The maximum atomic E-state index is 13.3. The maximum Gasteiger partial charge on any atom is 0.256 e. The van der Waals surface area contributed by atoms with E-state index in [-0.39, 0.29) is 23.2 Å². The monoisotopic (exact) mass is 382 g/mol. The predicted octanol–water partition coefficient (Wildman–Crippen LogP) is 3.76. The molecule has 0 bridgehead atoms. The fourth-order valence-corrected chi connectivity index (χ4v) is 3.82. The van der Waals surface area contributed by atoms with Crippen molar-refractivity contribution in [1.82, 2.24) is 9.88 Å². The largest absolute Gasteiger partial charge is 0.342 e. The number of amides is 1. The van der Waals surface area contributed by atoms with Gasteiger partial charge in [-0.2, -0.15) is 0 Å². The molecule has 1 N–H and O–H groups in total. The number of aromatic nitrogens is 1. The molecule has 3 aromatic rings. The van der Waals surface area contributed by atoms with Crippen LogP contribution in [0.5, 0.6) is 0 Å². The van der Waals surface area contributed by atoms with Crippen molar-refractivity contribution >= 4 is 16.7 Å². The number of H-pyrrole nitrogens is 1. The lowest BCUT2D eigenvalue weighted by Crippen LogP contribution is -2.28. The van der Waals surface area contributed by atoms with Gasteiger partial charge in [0.25, 0.3) is 5.56 Å². The molecule has 4 rings (SSSR count). The smallest absolute Gasteiger partial charge is 0.256 e. The zero-order chi connectivity index (χ0) is 19.7. The number of carbonyl (C=O) groups is 1. The molecular weight excluding hydrogens is 362 g/mol. The van der Waals surface area contributed by atoms with Gasteiger partial charge in [-0.05, 0) is 54.1 Å². The first-order valence-corrected chi connectivity index (χ1v) is 9.34. The third kappa shape index (κ3) is 3.81. The topological polar surface area (TPSA) is 53.2 Å². The van der Waals surface area contributed by atoms with E-state index in [4.69, 9.17) is 0 Å². The second-order valence-corrected chi connectivity index (χ2v) is 7.23. The molecule has 0 aliphatic carbocycles. The van der Waals surface area contributed by atoms with E-state index in [1.807, 2.05) is 4.90 Å². The molecule has 1 aliphatic heterocycles. The van der Waals surface area contributed by atoms with Crippen molar-refractivity contribution in [3.8, 4) is 0 Å². The van der Waals surface area contributed by atoms with Gasteiger partial charge in [0.1, 0.15) is 11.6 Å². The van der Waals surface area contributed by atoms with Crippen LogP contribution in [0.4, 0.5) is 8.78 Å². The highest BCUT2D eigenvalue weighted by Crippen LogP contribution is 2.27. The molecule has 1 atom stereocenters. The lowest BCUT2D eigenvalue weighted by Gasteiger charge is -2.17. The Morgan fingerprint density at radius 3 is 2.61 bits per heavy atom. The third-order valence-corrected chi connectivity index (χ3v) is 5.35. The summed E-state index contributed by atoms with van der Waals surface area (Å²) < 4.78 is 26.4. The van der Waals surface area contributed by atoms with E-state index < -0.39 is 5.82 Å². The molecule has 0 saturated carbocycles. The number of carbonyl (C=O) groups excluding carboxylic acids is 1. The number of rotatable bonds is 4. The zero-order valence-corrected chi connectivity index (χ0v) is 15.3. The number of nitrogens with zero attached hydrogens (tertiary/aromatic N) is 1. The van der Waals surface area contributed by atoms with Gasteiger partial charge < -0.3 is 9.88 Å². The highest BCUT2D eigenvalue weighted by atomic mass is 19.1. The molecule has 28 heavy (non-hydrogen) atoms. The van der Waals surface area contributed by atoms with Gasteiger partial charge >= 0.3 is 0 Å². The molecule has 0 spiro atoms. The Kier molecular flexibility index (Phi) is 4.94. The van der Waals surface area contributed by atoms with Crippen LogP contribution in [0, 0.1) is 11.6 Å². The molecule has 2 aromatic carbocycles. The van der Waals surface area contributed by atoms with E-state index in [1.54, 1.807) is 24.3 Å². The first-order valence-electron chi connectivity index (χ1n) is 9.34. The summed E-state index contributed by atoms with van der Waals surface area (Å²) in [7, 11) is 0. The Balaban J connectivity index is 1.39. The van der Waals surface area contributed by atoms with Crippen LogP contribution >= 0.6 is 0 Å². The molecule has 4 nitrogen and oxygen atoms in total. The molecule has 1 aromatic heterocycles. The Bertz CT molecular complexity index is 1080. The summed E-state index contributed by atoms with van der Waals surface area (Å²) in [5.41, 5.74) is 1.35. The van der Waals surface area contributed by atoms with Crippen LogP contribution < -0.4 is 5.56 Å². The SMILES string of the molecule is O=C(CCc1cc2ccc(F)cc2c(=O)[nH]1)N1CC[C@H](c2ccc(F)cc2)C1. The number of halogens is 2. The van der Waals surface area contributed by atoms with Gasteiger partial charge in [0.2, 0.25) is 5.91 Å². The lowest BCUT2D eigenvalue weighted by molar-refractivity contribution is -0.130. The molecule has 2 heterocycles.